The molecule has 3 nitrogen and oxygen atoms in total. The van der Waals surface area contributed by atoms with E-state index in [2.05, 4.69) is 0 Å². The third-order valence-electron chi connectivity index (χ3n) is 3.13. The summed E-state index contributed by atoms with van der Waals surface area (Å²) in [6.07, 6.45) is 1.03. The Bertz CT molecular complexity index is 732. The molecule has 0 spiro atoms. The molecule has 1 aliphatic rings. The Hall–Kier alpha value is -2.62. The summed E-state index contributed by atoms with van der Waals surface area (Å²) in [5.74, 6) is -1.50. The molecule has 19 heavy (non-hydrogen) atoms. The standard InChI is InChI=1S/C15H9FO3/c16-13-3-1-2-9-12(7-14(18)19)11-6-8(17)4-5-10(11)15(9)13/h1-7,17H,(H,18,19)/b12-7+. The molecule has 2 aromatic carbocycles. The maximum absolute atomic E-state index is 13.9. The molecule has 2 N–H and O–H groups in total. The lowest BCUT2D eigenvalue weighted by molar-refractivity contribution is -0.131. The zero-order chi connectivity index (χ0) is 13.6. The second-order valence-corrected chi connectivity index (χ2v) is 4.29. The molecule has 2 aromatic rings. The minimum Gasteiger partial charge on any atom is -0.508 e. The summed E-state index contributed by atoms with van der Waals surface area (Å²) in [7, 11) is 0. The number of benzene rings is 2. The van der Waals surface area contributed by atoms with Gasteiger partial charge >= 0.3 is 5.97 Å². The Morgan fingerprint density at radius 3 is 2.63 bits per heavy atom. The molecule has 94 valence electrons. The highest BCUT2D eigenvalue weighted by Crippen LogP contribution is 2.46. The molecule has 1 aliphatic carbocycles. The normalized spacial score (nSPS) is 14.3. The molecular formula is C15H9FO3. The molecule has 0 unspecified atom stereocenters. The van der Waals surface area contributed by atoms with Crippen LogP contribution in [0.5, 0.6) is 5.75 Å². The van der Waals surface area contributed by atoms with Gasteiger partial charge in [-0.15, -0.1) is 0 Å². The van der Waals surface area contributed by atoms with E-state index < -0.39 is 11.8 Å². The number of carboxylic acids is 1. The summed E-state index contributed by atoms with van der Waals surface area (Å²) in [4.78, 5) is 10.9. The average molecular weight is 256 g/mol. The SMILES string of the molecule is O=C(O)/C=C1/c2cc(O)ccc2-c2c(F)cccc21. The number of fused-ring (bicyclic) bond motifs is 3. The lowest BCUT2D eigenvalue weighted by Gasteiger charge is -2.01. The molecule has 3 rings (SSSR count). The van der Waals surface area contributed by atoms with Crippen LogP contribution in [0, 0.1) is 5.82 Å². The maximum atomic E-state index is 13.9. The summed E-state index contributed by atoms with van der Waals surface area (Å²) in [6, 6.07) is 9.04. The van der Waals surface area contributed by atoms with Crippen molar-refractivity contribution in [1.29, 1.82) is 0 Å². The average Bonchev–Trinajstić information content (AvgIpc) is 2.64. The number of carboxylic acid groups (broad SMARTS) is 1. The van der Waals surface area contributed by atoms with E-state index >= 15 is 0 Å². The topological polar surface area (TPSA) is 57.5 Å². The maximum Gasteiger partial charge on any atom is 0.328 e. The van der Waals surface area contributed by atoms with E-state index in [9.17, 15) is 14.3 Å². The fourth-order valence-electron chi connectivity index (χ4n) is 2.42. The quantitative estimate of drug-likeness (QED) is 0.658. The molecular weight excluding hydrogens is 247 g/mol. The van der Waals surface area contributed by atoms with Gasteiger partial charge in [0.15, 0.2) is 0 Å². The van der Waals surface area contributed by atoms with E-state index in [1.807, 2.05) is 0 Å². The fourth-order valence-corrected chi connectivity index (χ4v) is 2.42. The summed E-state index contributed by atoms with van der Waals surface area (Å²) in [5.41, 5.74) is 2.45. The van der Waals surface area contributed by atoms with Gasteiger partial charge in [-0.2, -0.15) is 0 Å². The Kier molecular flexibility index (Phi) is 2.38. The van der Waals surface area contributed by atoms with E-state index in [4.69, 9.17) is 5.11 Å². The van der Waals surface area contributed by atoms with Crippen molar-refractivity contribution >= 4 is 11.5 Å². The first-order valence-corrected chi connectivity index (χ1v) is 5.65. The van der Waals surface area contributed by atoms with Gasteiger partial charge in [-0.1, -0.05) is 12.1 Å². The smallest absolute Gasteiger partial charge is 0.328 e. The number of hydrogen-bond donors (Lipinski definition) is 2. The minimum atomic E-state index is -1.11. The van der Waals surface area contributed by atoms with Gasteiger partial charge in [-0.05, 0) is 46.5 Å². The van der Waals surface area contributed by atoms with E-state index in [-0.39, 0.29) is 5.75 Å². The molecule has 0 heterocycles. The van der Waals surface area contributed by atoms with E-state index in [1.54, 1.807) is 12.1 Å². The van der Waals surface area contributed by atoms with Gasteiger partial charge < -0.3 is 10.2 Å². The number of aromatic hydroxyl groups is 1. The summed E-state index contributed by atoms with van der Waals surface area (Å²) >= 11 is 0. The molecule has 0 atom stereocenters. The van der Waals surface area contributed by atoms with Crippen LogP contribution >= 0.6 is 0 Å². The largest absolute Gasteiger partial charge is 0.508 e. The highest BCUT2D eigenvalue weighted by atomic mass is 19.1. The van der Waals surface area contributed by atoms with Crippen molar-refractivity contribution in [2.45, 2.75) is 0 Å². The second-order valence-electron chi connectivity index (χ2n) is 4.29. The first-order valence-electron chi connectivity index (χ1n) is 5.65. The third-order valence-corrected chi connectivity index (χ3v) is 3.13. The molecule has 0 saturated heterocycles. The van der Waals surface area contributed by atoms with Gasteiger partial charge in [0.2, 0.25) is 0 Å². The number of halogens is 1. The third kappa shape index (κ3) is 1.69. The monoisotopic (exact) mass is 256 g/mol. The van der Waals surface area contributed by atoms with Crippen LogP contribution in [0.1, 0.15) is 11.1 Å². The van der Waals surface area contributed by atoms with Crippen LogP contribution in [-0.2, 0) is 4.79 Å². The molecule has 0 amide bonds. The van der Waals surface area contributed by atoms with E-state index in [0.29, 0.717) is 27.8 Å². The Labute approximate surface area is 108 Å². The van der Waals surface area contributed by atoms with Crippen LogP contribution in [0.3, 0.4) is 0 Å². The zero-order valence-electron chi connectivity index (χ0n) is 9.72. The molecule has 0 aliphatic heterocycles. The molecule has 4 heteroatoms. The van der Waals surface area contributed by atoms with Crippen LogP contribution in [0.15, 0.2) is 42.5 Å². The minimum absolute atomic E-state index is 0.0169. The van der Waals surface area contributed by atoms with Gasteiger partial charge in [0.05, 0.1) is 0 Å². The lowest BCUT2D eigenvalue weighted by Crippen LogP contribution is -1.91. The molecule has 0 radical (unpaired) electrons. The lowest BCUT2D eigenvalue weighted by atomic mass is 10.0. The number of hydrogen-bond acceptors (Lipinski definition) is 2. The Morgan fingerprint density at radius 2 is 1.89 bits per heavy atom. The Morgan fingerprint density at radius 1 is 1.11 bits per heavy atom. The zero-order valence-corrected chi connectivity index (χ0v) is 9.72. The predicted molar refractivity (Wildman–Crippen MR) is 68.2 cm³/mol. The van der Waals surface area contributed by atoms with Gasteiger partial charge in [-0.3, -0.25) is 0 Å². The van der Waals surface area contributed by atoms with Crippen LogP contribution in [0.25, 0.3) is 16.7 Å². The van der Waals surface area contributed by atoms with Crippen molar-refractivity contribution in [3.05, 3.63) is 59.4 Å². The summed E-state index contributed by atoms with van der Waals surface area (Å²) in [6.45, 7) is 0. The van der Waals surface area contributed by atoms with Gasteiger partial charge in [-0.25, -0.2) is 9.18 Å². The molecule has 0 bridgehead atoms. The Balaban J connectivity index is 2.39. The predicted octanol–water partition coefficient (Wildman–Crippen LogP) is 3.03. The van der Waals surface area contributed by atoms with Gasteiger partial charge in [0, 0.05) is 11.6 Å². The second kappa shape index (κ2) is 3.95. The molecule has 0 fully saturated rings. The molecule has 0 aromatic heterocycles. The first-order chi connectivity index (χ1) is 9.08. The van der Waals surface area contributed by atoms with E-state index in [1.165, 1.54) is 24.3 Å². The van der Waals surface area contributed by atoms with Crippen molar-refractivity contribution in [3.63, 3.8) is 0 Å². The number of phenolic OH excluding ortho intramolecular Hbond substituents is 1. The first kappa shape index (κ1) is 11.5. The fraction of sp³-hybridized carbons (Fsp3) is 0. The van der Waals surface area contributed by atoms with Crippen molar-refractivity contribution in [2.75, 3.05) is 0 Å². The van der Waals surface area contributed by atoms with Crippen molar-refractivity contribution in [2.24, 2.45) is 0 Å². The highest BCUT2D eigenvalue weighted by molar-refractivity contribution is 6.06. The van der Waals surface area contributed by atoms with Crippen molar-refractivity contribution < 1.29 is 19.4 Å². The summed E-state index contributed by atoms with van der Waals surface area (Å²) in [5, 5.41) is 18.5. The number of rotatable bonds is 1. The van der Waals surface area contributed by atoms with Gasteiger partial charge in [0.25, 0.3) is 0 Å². The van der Waals surface area contributed by atoms with Crippen LogP contribution in [0.4, 0.5) is 4.39 Å². The van der Waals surface area contributed by atoms with Gasteiger partial charge in [0.1, 0.15) is 11.6 Å². The summed E-state index contributed by atoms with van der Waals surface area (Å²) < 4.78 is 13.9. The van der Waals surface area contributed by atoms with Crippen LogP contribution in [-0.4, -0.2) is 16.2 Å². The number of phenols is 1. The van der Waals surface area contributed by atoms with Crippen molar-refractivity contribution in [3.8, 4) is 16.9 Å². The molecule has 0 saturated carbocycles. The highest BCUT2D eigenvalue weighted by Gasteiger charge is 2.26. The number of carbonyl (C=O) groups is 1. The van der Waals surface area contributed by atoms with E-state index in [0.717, 1.165) is 6.08 Å². The number of aliphatic carboxylic acids is 1. The van der Waals surface area contributed by atoms with Crippen LogP contribution < -0.4 is 0 Å². The van der Waals surface area contributed by atoms with Crippen LogP contribution in [0.2, 0.25) is 0 Å². The van der Waals surface area contributed by atoms with Crippen molar-refractivity contribution in [1.82, 2.24) is 0 Å².